The summed E-state index contributed by atoms with van der Waals surface area (Å²) in [5, 5.41) is 10.4. The molecule has 1 aromatic heterocycles. The van der Waals surface area contributed by atoms with Crippen LogP contribution in [0.5, 0.6) is 0 Å². The molecule has 96 valence electrons. The summed E-state index contributed by atoms with van der Waals surface area (Å²) in [5.74, 6) is -0.173. The van der Waals surface area contributed by atoms with E-state index >= 15 is 0 Å². The number of carbonyl (C=O) groups excluding carboxylic acids is 1. The molecule has 0 aliphatic heterocycles. The number of amides is 1. The van der Waals surface area contributed by atoms with Crippen molar-refractivity contribution in [1.29, 1.82) is 0 Å². The third kappa shape index (κ3) is 2.60. The van der Waals surface area contributed by atoms with E-state index < -0.39 is 0 Å². The van der Waals surface area contributed by atoms with E-state index in [1.807, 2.05) is 19.0 Å². The largest absolute Gasteiger partial charge is 0.399 e. The Labute approximate surface area is 105 Å². The molecular formula is C12H17N5O. The SMILES string of the molecule is CN(C)CCNC(=O)c1n[nH]c2cc(N)ccc12. The Morgan fingerprint density at radius 2 is 2.28 bits per heavy atom. The van der Waals surface area contributed by atoms with E-state index in [1.54, 1.807) is 18.2 Å². The van der Waals surface area contributed by atoms with Gasteiger partial charge < -0.3 is 16.0 Å². The summed E-state index contributed by atoms with van der Waals surface area (Å²) in [4.78, 5) is 13.9. The number of H-pyrrole nitrogens is 1. The Morgan fingerprint density at radius 3 is 3.00 bits per heavy atom. The van der Waals surface area contributed by atoms with Crippen LogP contribution < -0.4 is 11.1 Å². The van der Waals surface area contributed by atoms with Gasteiger partial charge in [-0.05, 0) is 32.3 Å². The van der Waals surface area contributed by atoms with Crippen LogP contribution in [0, 0.1) is 0 Å². The van der Waals surface area contributed by atoms with Gasteiger partial charge in [-0.1, -0.05) is 0 Å². The number of rotatable bonds is 4. The van der Waals surface area contributed by atoms with Crippen LogP contribution in [0.4, 0.5) is 5.69 Å². The van der Waals surface area contributed by atoms with Crippen LogP contribution in [0.3, 0.4) is 0 Å². The number of fused-ring (bicyclic) bond motifs is 1. The van der Waals surface area contributed by atoms with Crippen molar-refractivity contribution in [1.82, 2.24) is 20.4 Å². The van der Waals surface area contributed by atoms with Gasteiger partial charge in [0.25, 0.3) is 5.91 Å². The van der Waals surface area contributed by atoms with Crippen LogP contribution >= 0.6 is 0 Å². The lowest BCUT2D eigenvalue weighted by Crippen LogP contribution is -2.31. The first-order valence-corrected chi connectivity index (χ1v) is 5.74. The molecule has 0 aliphatic carbocycles. The molecule has 0 fully saturated rings. The fourth-order valence-corrected chi connectivity index (χ4v) is 1.69. The van der Waals surface area contributed by atoms with E-state index in [4.69, 9.17) is 5.73 Å². The lowest BCUT2D eigenvalue weighted by molar-refractivity contribution is 0.0947. The second-order valence-electron chi connectivity index (χ2n) is 4.44. The summed E-state index contributed by atoms with van der Waals surface area (Å²) in [6.07, 6.45) is 0. The quantitative estimate of drug-likeness (QED) is 0.684. The predicted molar refractivity (Wildman–Crippen MR) is 71.4 cm³/mol. The van der Waals surface area contributed by atoms with Gasteiger partial charge >= 0.3 is 0 Å². The van der Waals surface area contributed by atoms with Crippen LogP contribution in [0.1, 0.15) is 10.5 Å². The first kappa shape index (κ1) is 12.4. The lowest BCUT2D eigenvalue weighted by atomic mass is 10.2. The highest BCUT2D eigenvalue weighted by Crippen LogP contribution is 2.18. The van der Waals surface area contributed by atoms with Crippen molar-refractivity contribution >= 4 is 22.5 Å². The van der Waals surface area contributed by atoms with Crippen LogP contribution in [0.25, 0.3) is 10.9 Å². The van der Waals surface area contributed by atoms with E-state index in [0.717, 1.165) is 17.4 Å². The number of anilines is 1. The van der Waals surface area contributed by atoms with Crippen LogP contribution in [0.15, 0.2) is 18.2 Å². The van der Waals surface area contributed by atoms with E-state index in [-0.39, 0.29) is 5.91 Å². The lowest BCUT2D eigenvalue weighted by Gasteiger charge is -2.09. The molecule has 18 heavy (non-hydrogen) atoms. The van der Waals surface area contributed by atoms with Crippen molar-refractivity contribution in [3.63, 3.8) is 0 Å². The second kappa shape index (κ2) is 5.05. The Morgan fingerprint density at radius 1 is 1.50 bits per heavy atom. The minimum absolute atomic E-state index is 0.173. The number of nitrogens with zero attached hydrogens (tertiary/aromatic N) is 2. The van der Waals surface area contributed by atoms with Crippen LogP contribution in [-0.2, 0) is 0 Å². The third-order valence-corrected chi connectivity index (χ3v) is 2.65. The first-order valence-electron chi connectivity index (χ1n) is 5.74. The zero-order valence-electron chi connectivity index (χ0n) is 10.5. The van der Waals surface area contributed by atoms with Crippen molar-refractivity contribution in [3.8, 4) is 0 Å². The number of hydrogen-bond donors (Lipinski definition) is 3. The van der Waals surface area contributed by atoms with Gasteiger partial charge in [0.05, 0.1) is 5.52 Å². The average Bonchev–Trinajstić information content (AvgIpc) is 2.71. The van der Waals surface area contributed by atoms with Crippen LogP contribution in [0.2, 0.25) is 0 Å². The topological polar surface area (TPSA) is 87.0 Å². The fourth-order valence-electron chi connectivity index (χ4n) is 1.69. The zero-order chi connectivity index (χ0) is 13.1. The molecule has 0 saturated heterocycles. The number of likely N-dealkylation sites (N-methyl/N-ethyl adjacent to an activating group) is 1. The Balaban J connectivity index is 2.13. The van der Waals surface area contributed by atoms with E-state index in [0.29, 0.717) is 17.9 Å². The van der Waals surface area contributed by atoms with Crippen molar-refractivity contribution in [2.45, 2.75) is 0 Å². The maximum Gasteiger partial charge on any atom is 0.272 e. The molecule has 0 bridgehead atoms. The van der Waals surface area contributed by atoms with Gasteiger partial charge in [0.15, 0.2) is 5.69 Å². The van der Waals surface area contributed by atoms with Crippen molar-refractivity contribution in [2.75, 3.05) is 32.9 Å². The molecule has 4 N–H and O–H groups in total. The molecule has 0 unspecified atom stereocenters. The van der Waals surface area contributed by atoms with Crippen molar-refractivity contribution in [2.24, 2.45) is 0 Å². The molecule has 0 radical (unpaired) electrons. The minimum Gasteiger partial charge on any atom is -0.399 e. The predicted octanol–water partition coefficient (Wildman–Crippen LogP) is 0.437. The number of benzene rings is 1. The van der Waals surface area contributed by atoms with E-state index in [2.05, 4.69) is 15.5 Å². The summed E-state index contributed by atoms with van der Waals surface area (Å²) in [5.41, 5.74) is 7.49. The summed E-state index contributed by atoms with van der Waals surface area (Å²) < 4.78 is 0. The Hall–Kier alpha value is -2.08. The highest BCUT2D eigenvalue weighted by molar-refractivity contribution is 6.05. The molecule has 0 spiro atoms. The van der Waals surface area contributed by atoms with Gasteiger partial charge in [-0.3, -0.25) is 9.89 Å². The molecule has 2 aromatic rings. The number of aromatic amines is 1. The van der Waals surface area contributed by atoms with E-state index in [9.17, 15) is 4.79 Å². The number of aromatic nitrogens is 2. The highest BCUT2D eigenvalue weighted by Gasteiger charge is 2.13. The van der Waals surface area contributed by atoms with Crippen molar-refractivity contribution < 1.29 is 4.79 Å². The summed E-state index contributed by atoms with van der Waals surface area (Å²) in [6, 6.07) is 5.32. The zero-order valence-corrected chi connectivity index (χ0v) is 10.5. The maximum absolute atomic E-state index is 11.9. The number of nitrogen functional groups attached to an aromatic ring is 1. The molecular weight excluding hydrogens is 230 g/mol. The normalized spacial score (nSPS) is 11.1. The third-order valence-electron chi connectivity index (χ3n) is 2.65. The standard InChI is InChI=1S/C12H17N5O/c1-17(2)6-5-14-12(18)11-9-4-3-8(13)7-10(9)15-16-11/h3-4,7H,5-6,13H2,1-2H3,(H,14,18)(H,15,16). The molecule has 6 heteroatoms. The molecule has 0 saturated carbocycles. The maximum atomic E-state index is 11.9. The Bertz CT molecular complexity index is 561. The molecule has 2 rings (SSSR count). The molecule has 0 aliphatic rings. The molecule has 1 heterocycles. The number of nitrogens with two attached hydrogens (primary N) is 1. The molecule has 1 amide bonds. The second-order valence-corrected chi connectivity index (χ2v) is 4.44. The monoisotopic (exact) mass is 247 g/mol. The van der Waals surface area contributed by atoms with Crippen molar-refractivity contribution in [3.05, 3.63) is 23.9 Å². The molecule has 0 atom stereocenters. The fraction of sp³-hybridized carbons (Fsp3) is 0.333. The smallest absolute Gasteiger partial charge is 0.272 e. The van der Waals surface area contributed by atoms with Gasteiger partial charge in [0.1, 0.15) is 0 Å². The average molecular weight is 247 g/mol. The summed E-state index contributed by atoms with van der Waals surface area (Å²) >= 11 is 0. The Kier molecular flexibility index (Phi) is 3.47. The molecule has 1 aromatic carbocycles. The van der Waals surface area contributed by atoms with Gasteiger partial charge in [-0.15, -0.1) is 0 Å². The van der Waals surface area contributed by atoms with Gasteiger partial charge in [0.2, 0.25) is 0 Å². The van der Waals surface area contributed by atoms with Gasteiger partial charge in [0, 0.05) is 24.2 Å². The van der Waals surface area contributed by atoms with Crippen LogP contribution in [-0.4, -0.2) is 48.2 Å². The molecule has 6 nitrogen and oxygen atoms in total. The number of carbonyl (C=O) groups is 1. The van der Waals surface area contributed by atoms with Gasteiger partial charge in [-0.25, -0.2) is 0 Å². The summed E-state index contributed by atoms with van der Waals surface area (Å²) in [6.45, 7) is 1.39. The number of nitrogens with one attached hydrogen (secondary N) is 2. The minimum atomic E-state index is -0.173. The number of hydrogen-bond acceptors (Lipinski definition) is 4. The first-order chi connectivity index (χ1) is 8.58. The van der Waals surface area contributed by atoms with Gasteiger partial charge in [-0.2, -0.15) is 5.10 Å². The van der Waals surface area contributed by atoms with E-state index in [1.165, 1.54) is 0 Å². The summed E-state index contributed by atoms with van der Waals surface area (Å²) in [7, 11) is 3.91. The highest BCUT2D eigenvalue weighted by atomic mass is 16.1.